The number of carbonyl (C=O) groups is 1. The highest BCUT2D eigenvalue weighted by Gasteiger charge is 2.28. The van der Waals surface area contributed by atoms with Gasteiger partial charge in [0, 0.05) is 23.1 Å². The maximum Gasteiger partial charge on any atom is 0.305 e. The van der Waals surface area contributed by atoms with Crippen LogP contribution in [0.5, 0.6) is 5.75 Å². The molecule has 0 saturated heterocycles. The van der Waals surface area contributed by atoms with Crippen LogP contribution in [-0.4, -0.2) is 19.2 Å². The van der Waals surface area contributed by atoms with E-state index in [1.54, 1.807) is 0 Å². The zero-order valence-electron chi connectivity index (χ0n) is 17.7. The minimum Gasteiger partial charge on any atom is -0.493 e. The van der Waals surface area contributed by atoms with Crippen LogP contribution in [-0.2, 0) is 21.4 Å². The average molecular weight is 391 g/mol. The largest absolute Gasteiger partial charge is 0.493 e. The van der Waals surface area contributed by atoms with Gasteiger partial charge in [-0.2, -0.15) is 0 Å². The first-order chi connectivity index (χ1) is 14.0. The van der Waals surface area contributed by atoms with E-state index in [9.17, 15) is 4.79 Å². The highest BCUT2D eigenvalue weighted by molar-refractivity contribution is 5.69. The van der Waals surface area contributed by atoms with Gasteiger partial charge in [-0.25, -0.2) is 0 Å². The normalized spacial score (nSPS) is 14.2. The Morgan fingerprint density at radius 2 is 1.79 bits per heavy atom. The van der Waals surface area contributed by atoms with Crippen LogP contribution in [0.2, 0.25) is 0 Å². The van der Waals surface area contributed by atoms with Crippen molar-refractivity contribution < 1.29 is 14.3 Å². The number of rotatable bonds is 6. The molecule has 0 spiro atoms. The fourth-order valence-corrected chi connectivity index (χ4v) is 3.54. The summed E-state index contributed by atoms with van der Waals surface area (Å²) < 4.78 is 10.7. The SMILES string of the molecule is CCOC(=O)CCCCc1ccc(C#Cc2ccc3c(c2)C(C)(C)CCO3)cc1. The summed E-state index contributed by atoms with van der Waals surface area (Å²) in [5.74, 6) is 7.44. The second-order valence-electron chi connectivity index (χ2n) is 8.15. The van der Waals surface area contributed by atoms with Gasteiger partial charge in [-0.1, -0.05) is 37.8 Å². The minimum atomic E-state index is -0.102. The van der Waals surface area contributed by atoms with Crippen molar-refractivity contribution in [1.82, 2.24) is 0 Å². The summed E-state index contributed by atoms with van der Waals surface area (Å²) in [7, 11) is 0. The summed E-state index contributed by atoms with van der Waals surface area (Å²) in [6.07, 6.45) is 4.33. The first kappa shape index (κ1) is 21.0. The fraction of sp³-hybridized carbons (Fsp3) is 0.423. The number of fused-ring (bicyclic) bond motifs is 1. The molecular formula is C26H30O3. The van der Waals surface area contributed by atoms with E-state index in [1.165, 1.54) is 11.1 Å². The molecule has 1 heterocycles. The second-order valence-corrected chi connectivity index (χ2v) is 8.15. The van der Waals surface area contributed by atoms with Crippen molar-refractivity contribution in [1.29, 1.82) is 0 Å². The molecule has 1 aliphatic rings. The molecule has 0 bridgehead atoms. The molecule has 1 aliphatic heterocycles. The summed E-state index contributed by atoms with van der Waals surface area (Å²) in [5.41, 5.74) is 4.67. The fourth-order valence-electron chi connectivity index (χ4n) is 3.54. The molecule has 3 rings (SSSR count). The van der Waals surface area contributed by atoms with E-state index >= 15 is 0 Å². The number of benzene rings is 2. The monoisotopic (exact) mass is 390 g/mol. The Morgan fingerprint density at radius 1 is 1.07 bits per heavy atom. The number of ether oxygens (including phenoxy) is 2. The zero-order valence-corrected chi connectivity index (χ0v) is 17.7. The van der Waals surface area contributed by atoms with E-state index in [4.69, 9.17) is 9.47 Å². The lowest BCUT2D eigenvalue weighted by molar-refractivity contribution is -0.143. The number of carbonyl (C=O) groups excluding carboxylic acids is 1. The van der Waals surface area contributed by atoms with Crippen molar-refractivity contribution in [2.24, 2.45) is 0 Å². The number of aryl methyl sites for hydroxylation is 1. The molecule has 0 fully saturated rings. The molecule has 29 heavy (non-hydrogen) atoms. The van der Waals surface area contributed by atoms with Crippen LogP contribution in [0.1, 0.15) is 68.7 Å². The Bertz CT molecular complexity index is 898. The van der Waals surface area contributed by atoms with E-state index in [0.29, 0.717) is 13.0 Å². The van der Waals surface area contributed by atoms with E-state index in [-0.39, 0.29) is 11.4 Å². The van der Waals surface area contributed by atoms with Gasteiger partial charge >= 0.3 is 5.97 Å². The highest BCUT2D eigenvalue weighted by Crippen LogP contribution is 2.38. The topological polar surface area (TPSA) is 35.5 Å². The summed E-state index contributed by atoms with van der Waals surface area (Å²) in [6.45, 7) is 7.59. The van der Waals surface area contributed by atoms with Crippen LogP contribution in [0.3, 0.4) is 0 Å². The van der Waals surface area contributed by atoms with Gasteiger partial charge in [-0.05, 0) is 73.9 Å². The Labute approximate surface area is 174 Å². The molecule has 0 aromatic heterocycles. The molecule has 0 amide bonds. The third-order valence-corrected chi connectivity index (χ3v) is 5.40. The van der Waals surface area contributed by atoms with Crippen LogP contribution in [0, 0.1) is 11.8 Å². The van der Waals surface area contributed by atoms with Gasteiger partial charge in [0.05, 0.1) is 13.2 Å². The van der Waals surface area contributed by atoms with Crippen LogP contribution >= 0.6 is 0 Å². The summed E-state index contributed by atoms with van der Waals surface area (Å²) >= 11 is 0. The quantitative estimate of drug-likeness (QED) is 0.375. The van der Waals surface area contributed by atoms with Crippen molar-refractivity contribution in [3.63, 3.8) is 0 Å². The van der Waals surface area contributed by atoms with Crippen molar-refractivity contribution in [2.45, 2.75) is 58.3 Å². The van der Waals surface area contributed by atoms with Crippen LogP contribution in [0.4, 0.5) is 0 Å². The molecule has 2 aromatic carbocycles. The summed E-state index contributed by atoms with van der Waals surface area (Å²) in [4.78, 5) is 11.4. The first-order valence-electron chi connectivity index (χ1n) is 10.5. The number of esters is 1. The smallest absolute Gasteiger partial charge is 0.305 e. The van der Waals surface area contributed by atoms with Crippen molar-refractivity contribution in [3.05, 3.63) is 64.7 Å². The third kappa shape index (κ3) is 5.87. The molecule has 2 aromatic rings. The van der Waals surface area contributed by atoms with Gasteiger partial charge < -0.3 is 9.47 Å². The van der Waals surface area contributed by atoms with Crippen molar-refractivity contribution in [3.8, 4) is 17.6 Å². The summed E-state index contributed by atoms with van der Waals surface area (Å²) in [5, 5.41) is 0. The van der Waals surface area contributed by atoms with Gasteiger partial charge in [0.25, 0.3) is 0 Å². The molecule has 3 nitrogen and oxygen atoms in total. The second kappa shape index (κ2) is 9.65. The van der Waals surface area contributed by atoms with Gasteiger partial charge in [-0.15, -0.1) is 0 Å². The van der Waals surface area contributed by atoms with Gasteiger partial charge in [0.1, 0.15) is 5.75 Å². The maximum atomic E-state index is 11.4. The number of hydrogen-bond donors (Lipinski definition) is 0. The van der Waals surface area contributed by atoms with Crippen molar-refractivity contribution >= 4 is 5.97 Å². The molecule has 0 saturated carbocycles. The van der Waals surface area contributed by atoms with Crippen molar-refractivity contribution in [2.75, 3.05) is 13.2 Å². The Balaban J connectivity index is 1.57. The zero-order chi connectivity index (χ0) is 20.7. The van der Waals surface area contributed by atoms with Gasteiger partial charge in [0.15, 0.2) is 0 Å². The number of hydrogen-bond acceptors (Lipinski definition) is 3. The predicted molar refractivity (Wildman–Crippen MR) is 116 cm³/mol. The molecule has 3 heteroatoms. The minimum absolute atomic E-state index is 0.102. The summed E-state index contributed by atoms with van der Waals surface area (Å²) in [6, 6.07) is 14.6. The Kier molecular flexibility index (Phi) is 6.99. The Hall–Kier alpha value is -2.73. The molecule has 0 atom stereocenters. The van der Waals surface area contributed by atoms with Gasteiger partial charge in [0.2, 0.25) is 0 Å². The molecule has 152 valence electrons. The lowest BCUT2D eigenvalue weighted by Gasteiger charge is -2.32. The third-order valence-electron chi connectivity index (χ3n) is 5.40. The van der Waals surface area contributed by atoms with E-state index in [1.807, 2.05) is 19.1 Å². The van der Waals surface area contributed by atoms with Crippen LogP contribution in [0.25, 0.3) is 0 Å². The Morgan fingerprint density at radius 3 is 2.55 bits per heavy atom. The van der Waals surface area contributed by atoms with Crippen LogP contribution < -0.4 is 4.74 Å². The molecule has 0 unspecified atom stereocenters. The highest BCUT2D eigenvalue weighted by atomic mass is 16.5. The lowest BCUT2D eigenvalue weighted by atomic mass is 9.79. The van der Waals surface area contributed by atoms with E-state index in [2.05, 4.69) is 56.0 Å². The van der Waals surface area contributed by atoms with Gasteiger partial charge in [-0.3, -0.25) is 4.79 Å². The average Bonchev–Trinajstić information content (AvgIpc) is 2.71. The first-order valence-corrected chi connectivity index (χ1v) is 10.5. The van der Waals surface area contributed by atoms with E-state index in [0.717, 1.165) is 49.2 Å². The molecule has 0 N–H and O–H groups in total. The molecule has 0 radical (unpaired) electrons. The maximum absolute atomic E-state index is 11.4. The van der Waals surface area contributed by atoms with E-state index < -0.39 is 0 Å². The predicted octanol–water partition coefficient (Wildman–Crippen LogP) is 5.42. The number of unbranched alkanes of at least 4 members (excludes halogenated alkanes) is 1. The molecular weight excluding hydrogens is 360 g/mol. The van der Waals surface area contributed by atoms with Crippen LogP contribution in [0.15, 0.2) is 42.5 Å². The standard InChI is InChI=1S/C26H30O3/c1-4-28-25(27)8-6-5-7-20-9-11-21(12-10-20)13-14-22-15-16-24-23(19-22)26(2,3)17-18-29-24/h9-12,15-16,19H,4-8,17-18H2,1-3H3. The lowest BCUT2D eigenvalue weighted by Crippen LogP contribution is -2.26. The molecule has 0 aliphatic carbocycles.